The van der Waals surface area contributed by atoms with E-state index in [2.05, 4.69) is 15.8 Å². The molecule has 35 heavy (non-hydrogen) atoms. The molecule has 0 spiro atoms. The molecule has 5 atom stereocenters. The maximum atomic E-state index is 11.8. The Morgan fingerprint density at radius 3 is 2.06 bits per heavy atom. The largest absolute Gasteiger partial charge is 0.463 e. The highest BCUT2D eigenvalue weighted by Gasteiger charge is 2.52. The van der Waals surface area contributed by atoms with Crippen LogP contribution in [-0.4, -0.2) is 72.5 Å². The van der Waals surface area contributed by atoms with E-state index in [1.54, 1.807) is 0 Å². The number of rotatable bonds is 8. The van der Waals surface area contributed by atoms with Gasteiger partial charge in [0, 0.05) is 27.7 Å². The third-order valence-electron chi connectivity index (χ3n) is 4.44. The summed E-state index contributed by atoms with van der Waals surface area (Å²) in [5.41, 5.74) is 3.42. The summed E-state index contributed by atoms with van der Waals surface area (Å²) in [6.07, 6.45) is -4.60. The smallest absolute Gasteiger partial charge is 0.303 e. The van der Waals surface area contributed by atoms with Gasteiger partial charge < -0.3 is 29.0 Å². The lowest BCUT2D eigenvalue weighted by molar-refractivity contribution is -0.254. The summed E-state index contributed by atoms with van der Waals surface area (Å²) in [6, 6.07) is 9.22. The average Bonchev–Trinajstić information content (AvgIpc) is 2.76. The second kappa shape index (κ2) is 13.3. The molecule has 0 radical (unpaired) electrons. The van der Waals surface area contributed by atoms with Crippen molar-refractivity contribution in [3.05, 3.63) is 35.9 Å². The van der Waals surface area contributed by atoms with Crippen LogP contribution >= 0.6 is 12.2 Å². The number of nitrogens with one attached hydrogen (secondary N) is 2. The summed E-state index contributed by atoms with van der Waals surface area (Å²) in [4.78, 5) is 46.8. The minimum atomic E-state index is -1.30. The molecule has 0 saturated carbocycles. The number of carbonyl (C=O) groups is 4. The molecular weight excluding hydrogens is 482 g/mol. The molecule has 0 aromatic heterocycles. The van der Waals surface area contributed by atoms with Crippen LogP contribution in [0.3, 0.4) is 0 Å². The molecule has 2 rings (SSSR count). The SMILES string of the molecule is CC(=O)OC[C@H]1O[C@@H](NC(=S)N/N=C/c2ccccc2)[C@H](OC(C)=O)[C@@H](OC(C)=O)[C@H]1OC(C)=O. The third-order valence-corrected chi connectivity index (χ3v) is 4.65. The van der Waals surface area contributed by atoms with Crippen LogP contribution in [0.25, 0.3) is 0 Å². The maximum absolute atomic E-state index is 11.8. The molecule has 1 fully saturated rings. The van der Waals surface area contributed by atoms with Gasteiger partial charge >= 0.3 is 23.9 Å². The van der Waals surface area contributed by atoms with E-state index in [0.717, 1.165) is 26.3 Å². The van der Waals surface area contributed by atoms with Gasteiger partial charge in [-0.3, -0.25) is 24.6 Å². The van der Waals surface area contributed by atoms with Crippen molar-refractivity contribution >= 4 is 47.4 Å². The van der Waals surface area contributed by atoms with Gasteiger partial charge in [0.2, 0.25) is 0 Å². The lowest BCUT2D eigenvalue weighted by Crippen LogP contribution is -2.66. The van der Waals surface area contributed by atoms with Crippen LogP contribution in [0, 0.1) is 0 Å². The quantitative estimate of drug-likeness (QED) is 0.166. The van der Waals surface area contributed by atoms with Crippen molar-refractivity contribution < 1.29 is 42.9 Å². The number of esters is 4. The minimum absolute atomic E-state index is 0.0157. The topological polar surface area (TPSA) is 151 Å². The predicted molar refractivity (Wildman–Crippen MR) is 125 cm³/mol. The molecule has 1 heterocycles. The number of nitrogens with zero attached hydrogens (tertiary/aromatic N) is 1. The monoisotopic (exact) mass is 509 g/mol. The first kappa shape index (κ1) is 27.7. The second-order valence-electron chi connectivity index (χ2n) is 7.37. The molecule has 0 aliphatic carbocycles. The van der Waals surface area contributed by atoms with Gasteiger partial charge in [0.05, 0.1) is 6.21 Å². The molecule has 0 unspecified atom stereocenters. The fourth-order valence-corrected chi connectivity index (χ4v) is 3.38. The molecule has 2 N–H and O–H groups in total. The highest BCUT2D eigenvalue weighted by atomic mass is 32.1. The normalized spacial score (nSPS) is 23.6. The lowest BCUT2D eigenvalue weighted by atomic mass is 9.97. The Bertz CT molecular complexity index is 957. The lowest BCUT2D eigenvalue weighted by Gasteiger charge is -2.44. The van der Waals surface area contributed by atoms with E-state index in [1.807, 2.05) is 30.3 Å². The van der Waals surface area contributed by atoms with E-state index in [-0.39, 0.29) is 11.7 Å². The van der Waals surface area contributed by atoms with E-state index in [4.69, 9.17) is 35.9 Å². The van der Waals surface area contributed by atoms with Crippen molar-refractivity contribution in [2.24, 2.45) is 5.10 Å². The Morgan fingerprint density at radius 1 is 0.914 bits per heavy atom. The molecule has 1 saturated heterocycles. The number of benzene rings is 1. The van der Waals surface area contributed by atoms with E-state index in [0.29, 0.717) is 0 Å². The van der Waals surface area contributed by atoms with Gasteiger partial charge in [-0.2, -0.15) is 5.10 Å². The summed E-state index contributed by atoms with van der Waals surface area (Å²) in [5.74, 6) is -2.78. The van der Waals surface area contributed by atoms with Crippen LogP contribution < -0.4 is 10.7 Å². The molecule has 190 valence electrons. The van der Waals surface area contributed by atoms with E-state index < -0.39 is 54.5 Å². The van der Waals surface area contributed by atoms with Crippen LogP contribution in [0.1, 0.15) is 33.3 Å². The van der Waals surface area contributed by atoms with Gasteiger partial charge in [-0.15, -0.1) is 0 Å². The Hall–Kier alpha value is -3.58. The van der Waals surface area contributed by atoms with Crippen molar-refractivity contribution in [1.82, 2.24) is 10.7 Å². The molecule has 0 amide bonds. The standard InChI is InChI=1S/C22H27N3O9S/c1-12(26)30-11-17-18(31-13(2)27)19(32-14(3)28)20(33-15(4)29)21(34-17)24-22(35)25-23-10-16-8-6-5-7-9-16/h5-10,17-21H,11H2,1-4H3,(H2,24,25,35)/b23-10+/t17-,18+,19+,20-,21-/m1/s1. The Kier molecular flexibility index (Phi) is 10.5. The average molecular weight is 510 g/mol. The first-order chi connectivity index (χ1) is 16.6. The number of ether oxygens (including phenoxy) is 5. The summed E-state index contributed by atoms with van der Waals surface area (Å²) >= 11 is 5.25. The summed E-state index contributed by atoms with van der Waals surface area (Å²) in [6.45, 7) is 4.27. The Labute approximate surface area is 207 Å². The molecule has 12 nitrogen and oxygen atoms in total. The fourth-order valence-electron chi connectivity index (χ4n) is 3.21. The maximum Gasteiger partial charge on any atom is 0.303 e. The van der Waals surface area contributed by atoms with Gasteiger partial charge in [-0.05, 0) is 17.8 Å². The molecule has 1 aliphatic heterocycles. The van der Waals surface area contributed by atoms with Crippen molar-refractivity contribution in [3.8, 4) is 0 Å². The van der Waals surface area contributed by atoms with Gasteiger partial charge in [-0.1, -0.05) is 30.3 Å². The number of hydrogen-bond acceptors (Lipinski definition) is 11. The van der Waals surface area contributed by atoms with Crippen molar-refractivity contribution in [2.45, 2.75) is 58.3 Å². The first-order valence-electron chi connectivity index (χ1n) is 10.5. The first-order valence-corrected chi connectivity index (χ1v) is 10.9. The van der Waals surface area contributed by atoms with Crippen molar-refractivity contribution in [2.75, 3.05) is 6.61 Å². The Morgan fingerprint density at radius 2 is 1.49 bits per heavy atom. The minimum Gasteiger partial charge on any atom is -0.463 e. The number of hydrogen-bond donors (Lipinski definition) is 2. The predicted octanol–water partition coefficient (Wildman–Crippen LogP) is 0.568. The van der Waals surface area contributed by atoms with E-state index in [1.165, 1.54) is 13.1 Å². The zero-order chi connectivity index (χ0) is 26.0. The summed E-state index contributed by atoms with van der Waals surface area (Å²) in [7, 11) is 0. The van der Waals surface area contributed by atoms with Gasteiger partial charge in [-0.25, -0.2) is 0 Å². The van der Waals surface area contributed by atoms with Crippen LogP contribution in [0.4, 0.5) is 0 Å². The molecule has 1 aromatic carbocycles. The highest BCUT2D eigenvalue weighted by molar-refractivity contribution is 7.80. The molecule has 1 aromatic rings. The Balaban J connectivity index is 2.28. The van der Waals surface area contributed by atoms with Crippen molar-refractivity contribution in [1.29, 1.82) is 0 Å². The van der Waals surface area contributed by atoms with Gasteiger partial charge in [0.15, 0.2) is 29.7 Å². The third kappa shape index (κ3) is 9.29. The van der Waals surface area contributed by atoms with E-state index >= 15 is 0 Å². The van der Waals surface area contributed by atoms with Gasteiger partial charge in [0.25, 0.3) is 0 Å². The van der Waals surface area contributed by atoms with Gasteiger partial charge in [0.1, 0.15) is 12.7 Å². The highest BCUT2D eigenvalue weighted by Crippen LogP contribution is 2.28. The summed E-state index contributed by atoms with van der Waals surface area (Å²) in [5, 5.41) is 6.80. The molecule has 13 heteroatoms. The number of thiocarbonyl (C=S) groups is 1. The van der Waals surface area contributed by atoms with Crippen LogP contribution in [-0.2, 0) is 42.9 Å². The fraction of sp³-hybridized carbons (Fsp3) is 0.455. The van der Waals surface area contributed by atoms with Crippen LogP contribution in [0.5, 0.6) is 0 Å². The summed E-state index contributed by atoms with van der Waals surface area (Å²) < 4.78 is 26.9. The van der Waals surface area contributed by atoms with Crippen LogP contribution in [0.15, 0.2) is 35.4 Å². The number of carbonyl (C=O) groups excluding carboxylic acids is 4. The van der Waals surface area contributed by atoms with Crippen molar-refractivity contribution in [3.63, 3.8) is 0 Å². The van der Waals surface area contributed by atoms with E-state index in [9.17, 15) is 19.2 Å². The molecule has 1 aliphatic rings. The van der Waals surface area contributed by atoms with Crippen LogP contribution in [0.2, 0.25) is 0 Å². The number of hydrazone groups is 1. The second-order valence-corrected chi connectivity index (χ2v) is 7.78. The molecular formula is C22H27N3O9S. The zero-order valence-corrected chi connectivity index (χ0v) is 20.4. The zero-order valence-electron chi connectivity index (χ0n) is 19.6. The molecule has 0 bridgehead atoms.